The van der Waals surface area contributed by atoms with Crippen LogP contribution >= 0.6 is 0 Å². The van der Waals surface area contributed by atoms with Gasteiger partial charge in [0.15, 0.2) is 0 Å². The van der Waals surface area contributed by atoms with E-state index in [2.05, 4.69) is 4.98 Å². The lowest BCUT2D eigenvalue weighted by molar-refractivity contribution is -0.0162. The van der Waals surface area contributed by atoms with Gasteiger partial charge in [-0.2, -0.15) is 0 Å². The van der Waals surface area contributed by atoms with E-state index in [1.165, 1.54) is 12.1 Å². The zero-order valence-corrected chi connectivity index (χ0v) is 16.1. The Morgan fingerprint density at radius 2 is 1.72 bits per heavy atom. The molecule has 0 spiro atoms. The van der Waals surface area contributed by atoms with Crippen LogP contribution in [0.15, 0.2) is 73.1 Å². The van der Waals surface area contributed by atoms with E-state index in [4.69, 9.17) is 0 Å². The first-order valence-electron chi connectivity index (χ1n) is 9.80. The molecule has 1 saturated heterocycles. The minimum atomic E-state index is -0.825. The van der Waals surface area contributed by atoms with Crippen molar-refractivity contribution in [1.82, 2.24) is 9.88 Å². The molecule has 5 heteroatoms. The summed E-state index contributed by atoms with van der Waals surface area (Å²) in [5.74, 6) is -0.651. The second-order valence-electron chi connectivity index (χ2n) is 7.60. The van der Waals surface area contributed by atoms with E-state index < -0.39 is 11.4 Å². The Balaban J connectivity index is 1.51. The Bertz CT molecular complexity index is 984. The first-order chi connectivity index (χ1) is 14.0. The Morgan fingerprint density at radius 1 is 1.03 bits per heavy atom. The number of benzene rings is 2. The van der Waals surface area contributed by atoms with E-state index in [-0.39, 0.29) is 5.91 Å². The molecule has 4 nitrogen and oxygen atoms in total. The fourth-order valence-electron chi connectivity index (χ4n) is 3.93. The van der Waals surface area contributed by atoms with E-state index in [0.717, 1.165) is 11.1 Å². The summed E-state index contributed by atoms with van der Waals surface area (Å²) in [5, 5.41) is 11.0. The highest BCUT2D eigenvalue weighted by atomic mass is 19.1. The van der Waals surface area contributed by atoms with Crippen molar-refractivity contribution in [2.24, 2.45) is 0 Å². The van der Waals surface area contributed by atoms with Gasteiger partial charge in [0.2, 0.25) is 0 Å². The minimum Gasteiger partial charge on any atom is -0.389 e. The highest BCUT2D eigenvalue weighted by molar-refractivity contribution is 6.01. The van der Waals surface area contributed by atoms with E-state index in [9.17, 15) is 14.3 Å². The van der Waals surface area contributed by atoms with Gasteiger partial charge in [-0.15, -0.1) is 0 Å². The molecular formula is C24H23FN2O2. The van der Waals surface area contributed by atoms with Gasteiger partial charge < -0.3 is 10.0 Å². The van der Waals surface area contributed by atoms with Gasteiger partial charge >= 0.3 is 0 Å². The molecule has 148 valence electrons. The fourth-order valence-corrected chi connectivity index (χ4v) is 3.93. The van der Waals surface area contributed by atoms with Crippen molar-refractivity contribution in [3.8, 4) is 11.1 Å². The number of aliphatic hydroxyl groups is 1. The fraction of sp³-hybridized carbons (Fsp3) is 0.250. The standard InChI is InChI=1S/C24H23FN2O2/c25-20-6-7-21(19-8-12-26-13-9-19)22(16-20)23(28)27-14-10-24(29,11-15-27)17-18-4-2-1-3-5-18/h1-9,12-13,16,29H,10-11,14-15,17H2. The molecule has 1 amide bonds. The SMILES string of the molecule is O=C(c1cc(F)ccc1-c1ccncc1)N1CCC(O)(Cc2ccccc2)CC1. The van der Waals surface area contributed by atoms with E-state index in [0.29, 0.717) is 43.5 Å². The van der Waals surface area contributed by atoms with Gasteiger partial charge in [-0.25, -0.2) is 4.39 Å². The van der Waals surface area contributed by atoms with Crippen molar-refractivity contribution in [2.75, 3.05) is 13.1 Å². The number of hydrogen-bond donors (Lipinski definition) is 1. The third kappa shape index (κ3) is 4.35. The third-order valence-corrected chi connectivity index (χ3v) is 5.56. The summed E-state index contributed by atoms with van der Waals surface area (Å²) in [6.07, 6.45) is 4.86. The van der Waals surface area contributed by atoms with Crippen molar-refractivity contribution in [3.63, 3.8) is 0 Å². The van der Waals surface area contributed by atoms with Gasteiger partial charge in [-0.05, 0) is 53.8 Å². The van der Waals surface area contributed by atoms with Gasteiger partial charge in [-0.3, -0.25) is 9.78 Å². The Hall–Kier alpha value is -3.05. The Morgan fingerprint density at radius 3 is 2.41 bits per heavy atom. The largest absolute Gasteiger partial charge is 0.389 e. The highest BCUT2D eigenvalue weighted by Crippen LogP contribution is 2.30. The molecular weight excluding hydrogens is 367 g/mol. The van der Waals surface area contributed by atoms with Crippen LogP contribution < -0.4 is 0 Å². The summed E-state index contributed by atoms with van der Waals surface area (Å²) in [6, 6.07) is 17.8. The number of halogens is 1. The second kappa shape index (κ2) is 8.13. The lowest BCUT2D eigenvalue weighted by atomic mass is 9.85. The lowest BCUT2D eigenvalue weighted by Crippen LogP contribution is -2.47. The van der Waals surface area contributed by atoms with Crippen LogP contribution in [0.2, 0.25) is 0 Å². The van der Waals surface area contributed by atoms with Crippen LogP contribution in [0.25, 0.3) is 11.1 Å². The molecule has 1 aliphatic heterocycles. The van der Waals surface area contributed by atoms with Crippen molar-refractivity contribution in [1.29, 1.82) is 0 Å². The number of carbonyl (C=O) groups excluding carboxylic acids is 1. The van der Waals surface area contributed by atoms with Crippen LogP contribution in [-0.2, 0) is 6.42 Å². The molecule has 1 aromatic heterocycles. The summed E-state index contributed by atoms with van der Waals surface area (Å²) in [4.78, 5) is 18.9. The first-order valence-corrected chi connectivity index (χ1v) is 9.80. The average Bonchev–Trinajstić information content (AvgIpc) is 2.75. The molecule has 1 aliphatic rings. The van der Waals surface area contributed by atoms with Gasteiger partial charge in [-0.1, -0.05) is 36.4 Å². The Kier molecular flexibility index (Phi) is 5.41. The van der Waals surface area contributed by atoms with Crippen LogP contribution in [-0.4, -0.2) is 39.6 Å². The zero-order valence-electron chi connectivity index (χ0n) is 16.1. The van der Waals surface area contributed by atoms with Crippen LogP contribution in [0.4, 0.5) is 4.39 Å². The highest BCUT2D eigenvalue weighted by Gasteiger charge is 2.34. The van der Waals surface area contributed by atoms with Gasteiger partial charge in [0.1, 0.15) is 5.82 Å². The number of carbonyl (C=O) groups is 1. The van der Waals surface area contributed by atoms with Crippen LogP contribution in [0, 0.1) is 5.82 Å². The van der Waals surface area contributed by atoms with Crippen LogP contribution in [0.3, 0.4) is 0 Å². The van der Waals surface area contributed by atoms with Gasteiger partial charge in [0, 0.05) is 31.9 Å². The monoisotopic (exact) mass is 390 g/mol. The summed E-state index contributed by atoms with van der Waals surface area (Å²) >= 11 is 0. The summed E-state index contributed by atoms with van der Waals surface area (Å²) in [7, 11) is 0. The summed E-state index contributed by atoms with van der Waals surface area (Å²) in [6.45, 7) is 0.878. The average molecular weight is 390 g/mol. The molecule has 0 atom stereocenters. The number of aromatic nitrogens is 1. The van der Waals surface area contributed by atoms with Crippen molar-refractivity contribution in [2.45, 2.75) is 24.9 Å². The molecule has 2 aromatic carbocycles. The second-order valence-corrected chi connectivity index (χ2v) is 7.60. The quantitative estimate of drug-likeness (QED) is 0.730. The predicted molar refractivity (Wildman–Crippen MR) is 110 cm³/mol. The normalized spacial score (nSPS) is 15.9. The smallest absolute Gasteiger partial charge is 0.254 e. The topological polar surface area (TPSA) is 53.4 Å². The van der Waals surface area contributed by atoms with E-state index in [1.807, 2.05) is 30.3 Å². The first kappa shape index (κ1) is 19.3. The van der Waals surface area contributed by atoms with Crippen molar-refractivity contribution in [3.05, 3.63) is 90.0 Å². The molecule has 0 aliphatic carbocycles. The number of rotatable bonds is 4. The number of piperidine rings is 1. The predicted octanol–water partition coefficient (Wildman–Crippen LogP) is 4.10. The maximum absolute atomic E-state index is 13.9. The van der Waals surface area contributed by atoms with Gasteiger partial charge in [0.05, 0.1) is 11.2 Å². The zero-order chi connectivity index (χ0) is 20.3. The van der Waals surface area contributed by atoms with Crippen molar-refractivity contribution >= 4 is 5.91 Å². The summed E-state index contributed by atoms with van der Waals surface area (Å²) in [5.41, 5.74) is 2.10. The molecule has 1 N–H and O–H groups in total. The third-order valence-electron chi connectivity index (χ3n) is 5.56. The van der Waals surface area contributed by atoms with Crippen LogP contribution in [0.1, 0.15) is 28.8 Å². The van der Waals surface area contributed by atoms with Gasteiger partial charge in [0.25, 0.3) is 5.91 Å². The van der Waals surface area contributed by atoms with Crippen LogP contribution in [0.5, 0.6) is 0 Å². The molecule has 0 bridgehead atoms. The summed E-state index contributed by atoms with van der Waals surface area (Å²) < 4.78 is 13.9. The molecule has 2 heterocycles. The number of amides is 1. The number of likely N-dealkylation sites (tertiary alicyclic amines) is 1. The molecule has 0 saturated carbocycles. The maximum atomic E-state index is 13.9. The number of pyridine rings is 1. The maximum Gasteiger partial charge on any atom is 0.254 e. The molecule has 4 rings (SSSR count). The van der Waals surface area contributed by atoms with Crippen molar-refractivity contribution < 1.29 is 14.3 Å². The minimum absolute atomic E-state index is 0.210. The Labute approximate surface area is 169 Å². The molecule has 29 heavy (non-hydrogen) atoms. The molecule has 1 fully saturated rings. The lowest BCUT2D eigenvalue weighted by Gasteiger charge is -2.38. The van der Waals surface area contributed by atoms with E-state index >= 15 is 0 Å². The number of hydrogen-bond acceptors (Lipinski definition) is 3. The molecule has 0 radical (unpaired) electrons. The molecule has 0 unspecified atom stereocenters. The number of nitrogens with zero attached hydrogens (tertiary/aromatic N) is 2. The molecule has 3 aromatic rings. The van der Waals surface area contributed by atoms with E-state index in [1.54, 1.807) is 35.5 Å².